The Morgan fingerprint density at radius 3 is 2.00 bits per heavy atom. The summed E-state index contributed by atoms with van der Waals surface area (Å²) in [4.78, 5) is 10.9. The van der Waals surface area contributed by atoms with Crippen molar-refractivity contribution in [2.24, 2.45) is 0 Å². The topological polar surface area (TPSA) is 20.3 Å². The van der Waals surface area contributed by atoms with Gasteiger partial charge in [-0.15, -0.1) is 11.6 Å². The molecule has 1 aromatic rings. The number of halogens is 1. The van der Waals surface area contributed by atoms with Crippen molar-refractivity contribution in [3.8, 4) is 0 Å². The van der Waals surface area contributed by atoms with Gasteiger partial charge in [0.2, 0.25) is 6.41 Å². The predicted molar refractivity (Wildman–Crippen MR) is 55.8 cm³/mol. The molecule has 0 aliphatic carbocycles. The molecule has 0 radical (unpaired) electrons. The van der Waals surface area contributed by atoms with Crippen LogP contribution in [0.1, 0.15) is 5.56 Å². The summed E-state index contributed by atoms with van der Waals surface area (Å²) in [5.41, 5.74) is 1.18. The Balaban J connectivity index is 0.000000252. The van der Waals surface area contributed by atoms with Crippen LogP contribution >= 0.6 is 11.6 Å². The smallest absolute Gasteiger partial charge is 0.209 e. The summed E-state index contributed by atoms with van der Waals surface area (Å²) in [7, 11) is 3.38. The lowest BCUT2D eigenvalue weighted by Gasteiger charge is -1.93. The lowest BCUT2D eigenvalue weighted by atomic mass is 10.2. The van der Waals surface area contributed by atoms with Crippen LogP contribution in [0.15, 0.2) is 30.3 Å². The summed E-state index contributed by atoms with van der Waals surface area (Å²) in [5, 5.41) is 0. The normalized spacial score (nSPS) is 8.23. The van der Waals surface area contributed by atoms with E-state index >= 15 is 0 Å². The minimum Gasteiger partial charge on any atom is -0.351 e. The van der Waals surface area contributed by atoms with Crippen LogP contribution in [0.3, 0.4) is 0 Å². The monoisotopic (exact) mass is 199 g/mol. The summed E-state index contributed by atoms with van der Waals surface area (Å²) in [6.45, 7) is 0. The van der Waals surface area contributed by atoms with Crippen molar-refractivity contribution in [1.82, 2.24) is 4.90 Å². The van der Waals surface area contributed by atoms with Gasteiger partial charge in [0.1, 0.15) is 0 Å². The van der Waals surface area contributed by atoms with E-state index in [1.54, 1.807) is 14.1 Å². The molecular weight excluding hydrogens is 186 g/mol. The van der Waals surface area contributed by atoms with Crippen molar-refractivity contribution in [1.29, 1.82) is 0 Å². The summed E-state index contributed by atoms with van der Waals surface area (Å²) in [5.74, 6) is 0.612. The number of amides is 1. The van der Waals surface area contributed by atoms with Crippen molar-refractivity contribution < 1.29 is 4.79 Å². The first-order valence-corrected chi connectivity index (χ1v) is 4.45. The van der Waals surface area contributed by atoms with Crippen molar-refractivity contribution >= 4 is 18.0 Å². The Labute approximate surface area is 84.1 Å². The van der Waals surface area contributed by atoms with Gasteiger partial charge in [-0.2, -0.15) is 0 Å². The van der Waals surface area contributed by atoms with E-state index in [1.165, 1.54) is 10.5 Å². The molecule has 1 rings (SSSR count). The van der Waals surface area contributed by atoms with Gasteiger partial charge in [0, 0.05) is 20.0 Å². The number of alkyl halides is 1. The fraction of sp³-hybridized carbons (Fsp3) is 0.300. The lowest BCUT2D eigenvalue weighted by molar-refractivity contribution is -0.115. The van der Waals surface area contributed by atoms with Gasteiger partial charge in [-0.05, 0) is 5.56 Å². The summed E-state index contributed by atoms with van der Waals surface area (Å²) < 4.78 is 0. The summed E-state index contributed by atoms with van der Waals surface area (Å²) in [6.07, 6.45) is 0.750. The number of benzene rings is 1. The van der Waals surface area contributed by atoms with E-state index < -0.39 is 0 Å². The first kappa shape index (κ1) is 12.0. The first-order valence-electron chi connectivity index (χ1n) is 3.92. The summed E-state index contributed by atoms with van der Waals surface area (Å²) >= 11 is 5.53. The molecule has 0 bridgehead atoms. The molecule has 0 saturated carbocycles. The second-order valence-corrected chi connectivity index (χ2v) is 2.96. The zero-order chi connectivity index (χ0) is 10.1. The van der Waals surface area contributed by atoms with E-state index in [4.69, 9.17) is 11.6 Å². The lowest BCUT2D eigenvalue weighted by Crippen LogP contribution is -2.06. The van der Waals surface area contributed by atoms with Crippen LogP contribution < -0.4 is 0 Å². The van der Waals surface area contributed by atoms with E-state index in [2.05, 4.69) is 0 Å². The van der Waals surface area contributed by atoms with Crippen LogP contribution in [0.2, 0.25) is 0 Å². The zero-order valence-electron chi connectivity index (χ0n) is 7.90. The fourth-order valence-electron chi connectivity index (χ4n) is 0.567. The molecule has 0 unspecified atom stereocenters. The van der Waals surface area contributed by atoms with E-state index in [-0.39, 0.29) is 0 Å². The molecule has 0 fully saturated rings. The SMILES string of the molecule is CN(C)C=O.ClCc1ccccc1. The summed E-state index contributed by atoms with van der Waals surface area (Å²) in [6, 6.07) is 9.96. The maximum absolute atomic E-state index is 9.43. The Morgan fingerprint density at radius 1 is 1.31 bits per heavy atom. The third-order valence-electron chi connectivity index (χ3n) is 1.21. The minimum atomic E-state index is 0.612. The average Bonchev–Trinajstić information content (AvgIpc) is 2.20. The molecule has 1 aromatic carbocycles. The fourth-order valence-corrected chi connectivity index (χ4v) is 0.745. The van der Waals surface area contributed by atoms with Gasteiger partial charge < -0.3 is 4.90 Å². The van der Waals surface area contributed by atoms with E-state index in [1.807, 2.05) is 30.3 Å². The Bertz CT molecular complexity index is 224. The highest BCUT2D eigenvalue weighted by Crippen LogP contribution is 2.00. The number of rotatable bonds is 2. The highest BCUT2D eigenvalue weighted by Gasteiger charge is 1.81. The maximum atomic E-state index is 9.43. The highest BCUT2D eigenvalue weighted by atomic mass is 35.5. The van der Waals surface area contributed by atoms with Gasteiger partial charge in [-0.25, -0.2) is 0 Å². The van der Waals surface area contributed by atoms with E-state index in [0.717, 1.165) is 6.41 Å². The molecule has 3 heteroatoms. The number of carbonyl (C=O) groups is 1. The molecule has 0 spiro atoms. The van der Waals surface area contributed by atoms with Crippen LogP contribution in [-0.4, -0.2) is 25.4 Å². The molecule has 1 amide bonds. The number of hydrogen-bond donors (Lipinski definition) is 0. The van der Waals surface area contributed by atoms with Crippen molar-refractivity contribution in [3.63, 3.8) is 0 Å². The van der Waals surface area contributed by atoms with Crippen molar-refractivity contribution in [2.45, 2.75) is 5.88 Å². The maximum Gasteiger partial charge on any atom is 0.209 e. The second kappa shape index (κ2) is 7.62. The molecule has 0 aliphatic heterocycles. The van der Waals surface area contributed by atoms with Crippen molar-refractivity contribution in [3.05, 3.63) is 35.9 Å². The molecule has 0 atom stereocenters. The second-order valence-electron chi connectivity index (χ2n) is 2.69. The molecule has 0 aromatic heterocycles. The predicted octanol–water partition coefficient (Wildman–Crippen LogP) is 2.13. The molecule has 0 heterocycles. The van der Waals surface area contributed by atoms with Gasteiger partial charge in [0.05, 0.1) is 0 Å². The van der Waals surface area contributed by atoms with Gasteiger partial charge >= 0.3 is 0 Å². The Kier molecular flexibility index (Phi) is 7.02. The average molecular weight is 200 g/mol. The quantitative estimate of drug-likeness (QED) is 0.528. The largest absolute Gasteiger partial charge is 0.351 e. The Morgan fingerprint density at radius 2 is 1.77 bits per heavy atom. The molecule has 0 aliphatic rings. The Hall–Kier alpha value is -1.02. The highest BCUT2D eigenvalue weighted by molar-refractivity contribution is 6.17. The van der Waals surface area contributed by atoms with Crippen LogP contribution in [0.25, 0.3) is 0 Å². The molecule has 13 heavy (non-hydrogen) atoms. The van der Waals surface area contributed by atoms with Crippen LogP contribution in [0.4, 0.5) is 0 Å². The molecular formula is C10H14ClNO. The van der Waals surface area contributed by atoms with E-state index in [9.17, 15) is 4.79 Å². The molecule has 2 nitrogen and oxygen atoms in total. The molecule has 0 saturated heterocycles. The third-order valence-corrected chi connectivity index (χ3v) is 1.52. The van der Waals surface area contributed by atoms with E-state index in [0.29, 0.717) is 5.88 Å². The third kappa shape index (κ3) is 7.34. The van der Waals surface area contributed by atoms with Gasteiger partial charge in [0.25, 0.3) is 0 Å². The standard InChI is InChI=1S/C7H7Cl.C3H7NO/c8-6-7-4-2-1-3-5-7;1-4(2)3-5/h1-5H,6H2;3H,1-2H3. The van der Waals surface area contributed by atoms with Crippen LogP contribution in [-0.2, 0) is 10.7 Å². The van der Waals surface area contributed by atoms with Crippen LogP contribution in [0.5, 0.6) is 0 Å². The van der Waals surface area contributed by atoms with Crippen molar-refractivity contribution in [2.75, 3.05) is 14.1 Å². The first-order chi connectivity index (χ1) is 6.20. The molecule has 0 N–H and O–H groups in total. The zero-order valence-corrected chi connectivity index (χ0v) is 8.66. The minimum absolute atomic E-state index is 0.612. The number of nitrogens with zero attached hydrogens (tertiary/aromatic N) is 1. The number of carbonyl (C=O) groups excluding carboxylic acids is 1. The number of hydrogen-bond acceptors (Lipinski definition) is 1. The van der Waals surface area contributed by atoms with Gasteiger partial charge in [0.15, 0.2) is 0 Å². The van der Waals surface area contributed by atoms with Crippen LogP contribution in [0, 0.1) is 0 Å². The van der Waals surface area contributed by atoms with Gasteiger partial charge in [-0.3, -0.25) is 4.79 Å². The molecule has 72 valence electrons. The van der Waals surface area contributed by atoms with Gasteiger partial charge in [-0.1, -0.05) is 30.3 Å².